The van der Waals surface area contributed by atoms with Crippen molar-refractivity contribution in [3.05, 3.63) is 0 Å². The minimum Gasteiger partial charge on any atom is -0.394 e. The Morgan fingerprint density at radius 1 is 0.600 bits per heavy atom. The van der Waals surface area contributed by atoms with Crippen molar-refractivity contribution in [1.29, 1.82) is 0 Å². The Bertz CT molecular complexity index is 884. The molecule has 3 aliphatic rings. The molecule has 18 atom stereocenters. The van der Waals surface area contributed by atoms with E-state index in [2.05, 4.69) is 0 Å². The second kappa shape index (κ2) is 16.5. The summed E-state index contributed by atoms with van der Waals surface area (Å²) in [5.74, 6) is -2.64. The highest BCUT2D eigenvalue weighted by molar-refractivity contribution is 4.99. The number of rotatable bonds is 15. The Hall–Kier alpha value is -0.840. The van der Waals surface area contributed by atoms with Gasteiger partial charge < -0.3 is 105 Å². The summed E-state index contributed by atoms with van der Waals surface area (Å²) < 4.78 is 31.7. The van der Waals surface area contributed by atoms with E-state index in [1.165, 1.54) is 0 Å². The third-order valence-corrected chi connectivity index (χ3v) is 7.91. The molecule has 6 unspecified atom stereocenters. The minimum atomic E-state index is -2.64. The fourth-order valence-electron chi connectivity index (χ4n) is 5.08. The van der Waals surface area contributed by atoms with Crippen LogP contribution < -0.4 is 0 Å². The molecule has 0 aliphatic carbocycles. The average molecular weight is 669 g/mol. The summed E-state index contributed by atoms with van der Waals surface area (Å²) in [4.78, 5) is 0. The van der Waals surface area contributed by atoms with Gasteiger partial charge in [-0.2, -0.15) is 0 Å². The van der Waals surface area contributed by atoms with Crippen molar-refractivity contribution in [3.63, 3.8) is 0 Å². The molecule has 3 heterocycles. The number of hydrogen-bond acceptors (Lipinski definition) is 21. The first-order valence-electron chi connectivity index (χ1n) is 14.0. The fourth-order valence-corrected chi connectivity index (χ4v) is 5.08. The number of aliphatic hydroxyl groups excluding tert-OH is 15. The topological polar surface area (TPSA) is 359 Å². The van der Waals surface area contributed by atoms with Gasteiger partial charge in [-0.3, -0.25) is 0 Å². The van der Waals surface area contributed by atoms with E-state index >= 15 is 0 Å². The van der Waals surface area contributed by atoms with Gasteiger partial charge in [-0.25, -0.2) is 0 Å². The van der Waals surface area contributed by atoms with E-state index in [-0.39, 0.29) is 0 Å². The largest absolute Gasteiger partial charge is 0.394 e. The lowest BCUT2D eigenvalue weighted by molar-refractivity contribution is -0.333. The molecule has 15 N–H and O–H groups in total. The van der Waals surface area contributed by atoms with Crippen molar-refractivity contribution < 1.29 is 105 Å². The maximum atomic E-state index is 10.8. The normalized spacial score (nSPS) is 45.3. The molecule has 0 spiro atoms. The van der Waals surface area contributed by atoms with Crippen LogP contribution in [0.25, 0.3) is 0 Å². The van der Waals surface area contributed by atoms with E-state index < -0.39 is 150 Å². The van der Waals surface area contributed by atoms with E-state index in [0.29, 0.717) is 0 Å². The van der Waals surface area contributed by atoms with Gasteiger partial charge in [0.05, 0.1) is 33.0 Å². The third-order valence-electron chi connectivity index (χ3n) is 7.91. The third kappa shape index (κ3) is 8.25. The van der Waals surface area contributed by atoms with Gasteiger partial charge in [0.1, 0.15) is 98.2 Å². The van der Waals surface area contributed by atoms with Gasteiger partial charge in [-0.1, -0.05) is 0 Å². The first kappa shape index (κ1) is 38.6. The van der Waals surface area contributed by atoms with Crippen LogP contribution in [0.15, 0.2) is 0 Å². The van der Waals surface area contributed by atoms with Gasteiger partial charge in [0, 0.05) is 0 Å². The molecular weight excluding hydrogens is 624 g/mol. The van der Waals surface area contributed by atoms with Gasteiger partial charge in [0.15, 0.2) is 12.6 Å². The van der Waals surface area contributed by atoms with Crippen molar-refractivity contribution in [2.24, 2.45) is 0 Å². The molecule has 0 aromatic rings. The smallest absolute Gasteiger partial charge is 0.222 e. The molecule has 3 rings (SSSR count). The van der Waals surface area contributed by atoms with Crippen molar-refractivity contribution in [1.82, 2.24) is 0 Å². The van der Waals surface area contributed by atoms with E-state index in [9.17, 15) is 76.6 Å². The molecule has 0 saturated carbocycles. The Balaban J connectivity index is 1.68. The predicted molar refractivity (Wildman–Crippen MR) is 136 cm³/mol. The molecule has 266 valence electrons. The van der Waals surface area contributed by atoms with Crippen LogP contribution in [0.3, 0.4) is 0 Å². The number of hydrogen-bond donors (Lipinski definition) is 15. The lowest BCUT2D eigenvalue weighted by Crippen LogP contribution is -2.60. The second-order valence-electron chi connectivity index (χ2n) is 11.0. The molecule has 0 aromatic heterocycles. The molecule has 3 saturated heterocycles. The van der Waals surface area contributed by atoms with Crippen LogP contribution in [0.1, 0.15) is 0 Å². The van der Waals surface area contributed by atoms with Crippen molar-refractivity contribution in [2.75, 3.05) is 39.6 Å². The molecule has 3 aliphatic heterocycles. The van der Waals surface area contributed by atoms with Gasteiger partial charge in [-0.15, -0.1) is 0 Å². The lowest BCUT2D eigenvalue weighted by atomic mass is 9.99. The highest BCUT2D eigenvalue weighted by Gasteiger charge is 2.58. The molecule has 21 nitrogen and oxygen atoms in total. The summed E-state index contributed by atoms with van der Waals surface area (Å²) >= 11 is 0. The molecular formula is C24H44O21. The zero-order valence-electron chi connectivity index (χ0n) is 23.7. The monoisotopic (exact) mass is 668 g/mol. The summed E-state index contributed by atoms with van der Waals surface area (Å²) in [6.07, 6.45) is -30.7. The molecule has 0 aromatic carbocycles. The Labute approximate surface area is 255 Å². The number of aliphatic hydroxyl groups is 15. The molecule has 3 fully saturated rings. The quantitative estimate of drug-likeness (QED) is 0.0770. The van der Waals surface area contributed by atoms with Crippen LogP contribution in [-0.2, 0) is 28.4 Å². The number of ether oxygens (including phenoxy) is 6. The lowest BCUT2D eigenvalue weighted by Gasteiger charge is -2.41. The van der Waals surface area contributed by atoms with E-state index in [1.54, 1.807) is 0 Å². The second-order valence-corrected chi connectivity index (χ2v) is 11.0. The van der Waals surface area contributed by atoms with Crippen LogP contribution in [0.5, 0.6) is 0 Å². The predicted octanol–water partition coefficient (Wildman–Crippen LogP) is -10.1. The van der Waals surface area contributed by atoms with Gasteiger partial charge in [0.2, 0.25) is 5.79 Å². The van der Waals surface area contributed by atoms with Gasteiger partial charge >= 0.3 is 0 Å². The summed E-state index contributed by atoms with van der Waals surface area (Å²) in [7, 11) is 0. The SMILES string of the molecule is OCC1O[C@H](OC[C@@H](O)[C@@H](O)[C@H](O[C@]2(CO)O[C@H](CO[C@H]3OC(CO)[C@@H](O)[C@H](O)C3O)[C@H](O)C2O)C(O)CO)C(O)[C@@H](O)[C@@H]1O. The maximum Gasteiger partial charge on any atom is 0.222 e. The van der Waals surface area contributed by atoms with E-state index in [0.717, 1.165) is 0 Å². The Morgan fingerprint density at radius 3 is 1.58 bits per heavy atom. The van der Waals surface area contributed by atoms with Crippen LogP contribution in [0, 0.1) is 0 Å². The fraction of sp³-hybridized carbons (Fsp3) is 1.00. The average Bonchev–Trinajstić information content (AvgIpc) is 3.28. The van der Waals surface area contributed by atoms with E-state index in [1.807, 2.05) is 0 Å². The zero-order valence-corrected chi connectivity index (χ0v) is 23.7. The summed E-state index contributed by atoms with van der Waals surface area (Å²) in [6.45, 7) is -5.52. The molecule has 45 heavy (non-hydrogen) atoms. The summed E-state index contributed by atoms with van der Waals surface area (Å²) in [5, 5.41) is 151. The minimum absolute atomic E-state index is 0.725. The van der Waals surface area contributed by atoms with Crippen LogP contribution in [0.4, 0.5) is 0 Å². The van der Waals surface area contributed by atoms with Crippen LogP contribution in [0.2, 0.25) is 0 Å². The van der Waals surface area contributed by atoms with Gasteiger partial charge in [-0.05, 0) is 0 Å². The summed E-state index contributed by atoms with van der Waals surface area (Å²) in [5.41, 5.74) is 0. The van der Waals surface area contributed by atoms with Crippen molar-refractivity contribution >= 4 is 0 Å². The first-order valence-corrected chi connectivity index (χ1v) is 14.0. The molecule has 0 amide bonds. The highest BCUT2D eigenvalue weighted by atomic mass is 16.8. The van der Waals surface area contributed by atoms with E-state index in [4.69, 9.17) is 28.4 Å². The Morgan fingerprint density at radius 2 is 1.11 bits per heavy atom. The van der Waals surface area contributed by atoms with Crippen molar-refractivity contribution in [2.45, 2.75) is 110 Å². The molecule has 21 heteroatoms. The maximum absolute atomic E-state index is 10.8. The van der Waals surface area contributed by atoms with Crippen LogP contribution in [-0.4, -0.2) is 226 Å². The Kier molecular flexibility index (Phi) is 14.2. The highest BCUT2D eigenvalue weighted by Crippen LogP contribution is 2.36. The zero-order chi connectivity index (χ0) is 33.8. The summed E-state index contributed by atoms with van der Waals surface area (Å²) in [6, 6.07) is 0. The molecule has 0 radical (unpaired) electrons. The standard InChI is InChI=1S/C24H44O21/c25-1-7(29)20(12(31)8(30)4-40-22-18(37)16(35)13(32)9(2-26)42-22)45-24(6-28)21(39)15(34)11(44-24)5-41-23-19(38)17(36)14(33)10(3-27)43-23/h7-23,25-39H,1-6H2/t7?,8-,9?,10?,11-,12-,13-,14-,15+,16+,17+,18?,19?,20-,21?,22+,23+,24+/m1/s1. The van der Waals surface area contributed by atoms with Gasteiger partial charge in [0.25, 0.3) is 0 Å². The molecule has 0 bridgehead atoms. The van der Waals surface area contributed by atoms with Crippen molar-refractivity contribution in [3.8, 4) is 0 Å². The first-order chi connectivity index (χ1) is 21.2. The van der Waals surface area contributed by atoms with Crippen LogP contribution >= 0.6 is 0 Å².